The predicted octanol–water partition coefficient (Wildman–Crippen LogP) is 14.1. The molecule has 9 aromatic rings. The summed E-state index contributed by atoms with van der Waals surface area (Å²) < 4.78 is 18.0. The van der Waals surface area contributed by atoms with E-state index in [4.69, 9.17) is 14.2 Å². The lowest BCUT2D eigenvalue weighted by Gasteiger charge is -2.14. The second-order valence-corrected chi connectivity index (χ2v) is 20.0. The number of hydrogen-bond acceptors (Lipinski definition) is 6. The van der Waals surface area contributed by atoms with Crippen LogP contribution in [0.1, 0.15) is 70.4 Å². The van der Waals surface area contributed by atoms with Gasteiger partial charge in [0.2, 0.25) is 0 Å². The minimum atomic E-state index is -0.659. The molecule has 0 fully saturated rings. The van der Waals surface area contributed by atoms with Gasteiger partial charge in [0, 0.05) is 17.8 Å². The monoisotopic (exact) mass is 929 g/mol. The fourth-order valence-electron chi connectivity index (χ4n) is 10.8. The third-order valence-corrected chi connectivity index (χ3v) is 16.1. The van der Waals surface area contributed by atoms with Crippen LogP contribution in [0.5, 0.6) is 17.2 Å². The normalized spacial score (nSPS) is 13.2. The maximum absolute atomic E-state index is 13.6. The Bertz CT molecular complexity index is 2970. The van der Waals surface area contributed by atoms with Crippen molar-refractivity contribution in [2.45, 2.75) is 51.7 Å². The van der Waals surface area contributed by atoms with Gasteiger partial charge in [-0.25, -0.2) is 0 Å². The van der Waals surface area contributed by atoms with Crippen molar-refractivity contribution in [3.8, 4) is 50.6 Å². The number of ether oxygens (including phenoxy) is 3. The molecule has 0 heterocycles. The molecule has 338 valence electrons. The first-order valence-electron chi connectivity index (χ1n) is 23.6. The fourth-order valence-corrected chi connectivity index (χ4v) is 12.8. The third kappa shape index (κ3) is 8.08. The van der Waals surface area contributed by atoms with Gasteiger partial charge in [0.25, 0.3) is 0 Å². The van der Waals surface area contributed by atoms with Crippen molar-refractivity contribution in [2.75, 3.05) is 0 Å². The average molecular weight is 930 g/mol. The number of carbonyl (C=O) groups excluding carboxylic acids is 3. The summed E-state index contributed by atoms with van der Waals surface area (Å²) in [6.45, 7) is 0. The molecule has 0 aromatic heterocycles. The van der Waals surface area contributed by atoms with Crippen LogP contribution in [0.2, 0.25) is 0 Å². The molecule has 0 atom stereocenters. The van der Waals surface area contributed by atoms with Gasteiger partial charge in [-0.2, -0.15) is 0 Å². The zero-order valence-corrected chi connectivity index (χ0v) is 38.8. The van der Waals surface area contributed by atoms with Crippen LogP contribution in [0, 0.1) is 0 Å². The summed E-state index contributed by atoms with van der Waals surface area (Å²) in [5.41, 5.74) is 13.8. The molecule has 0 saturated carbocycles. The highest BCUT2D eigenvalue weighted by molar-refractivity contribution is 7.97. The van der Waals surface area contributed by atoms with Crippen LogP contribution in [0.15, 0.2) is 233 Å². The maximum atomic E-state index is 13.6. The molecule has 7 heteroatoms. The second kappa shape index (κ2) is 18.3. The molecule has 0 saturated heterocycles. The largest absolute Gasteiger partial charge is 0.426 e. The van der Waals surface area contributed by atoms with Gasteiger partial charge in [-0.1, -0.05) is 146 Å². The van der Waals surface area contributed by atoms with Gasteiger partial charge in [0.1, 0.15) is 17.2 Å². The molecule has 9 aromatic carbocycles. The molecular weight excluding hydrogens is 885 g/mol. The average Bonchev–Trinajstić information content (AvgIpc) is 4.01. The van der Waals surface area contributed by atoms with Gasteiger partial charge in [-0.3, -0.25) is 14.4 Å². The van der Waals surface area contributed by atoms with Crippen LogP contribution in [-0.2, 0) is 25.3 Å². The van der Waals surface area contributed by atoms with E-state index in [1.54, 1.807) is 0 Å². The Morgan fingerprint density at radius 2 is 0.486 bits per heavy atom. The molecule has 70 heavy (non-hydrogen) atoms. The summed E-state index contributed by atoms with van der Waals surface area (Å²) in [5, 5.41) is 0. The molecular formula is C63H45O6S+. The fraction of sp³-hybridized carbons (Fsp3) is 0.0952. The highest BCUT2D eigenvalue weighted by Gasteiger charge is 2.34. The van der Waals surface area contributed by atoms with Crippen molar-refractivity contribution in [3.63, 3.8) is 0 Å². The van der Waals surface area contributed by atoms with E-state index in [-0.39, 0.29) is 54.9 Å². The van der Waals surface area contributed by atoms with Crippen molar-refractivity contribution in [2.24, 2.45) is 0 Å². The van der Waals surface area contributed by atoms with E-state index in [2.05, 4.69) is 72.8 Å². The SMILES string of the molecule is O=C(CC1c2ccccc2-c2ccccc21)Oc1ccc([S+](c2ccc(OC(=O)CC3c4ccccc4-c4ccccc43)cc2)c2ccc(OC(=O)CC3c4ccccc4-c4ccccc43)cc2)cc1. The van der Waals surface area contributed by atoms with Gasteiger partial charge in [-0.05, 0) is 140 Å². The molecule has 0 radical (unpaired) electrons. The first-order chi connectivity index (χ1) is 34.4. The van der Waals surface area contributed by atoms with Crippen LogP contribution in [0.25, 0.3) is 33.4 Å². The summed E-state index contributed by atoms with van der Waals surface area (Å²) in [6.07, 6.45) is 0.656. The summed E-state index contributed by atoms with van der Waals surface area (Å²) >= 11 is 0. The van der Waals surface area contributed by atoms with Gasteiger partial charge >= 0.3 is 17.9 Å². The lowest BCUT2D eigenvalue weighted by atomic mass is 9.94. The van der Waals surface area contributed by atoms with Crippen molar-refractivity contribution in [3.05, 3.63) is 252 Å². The highest BCUT2D eigenvalue weighted by atomic mass is 32.2. The van der Waals surface area contributed by atoms with Crippen LogP contribution in [0.4, 0.5) is 0 Å². The lowest BCUT2D eigenvalue weighted by Crippen LogP contribution is -2.13. The molecule has 0 spiro atoms. The maximum Gasteiger partial charge on any atom is 0.312 e. The standard InChI is InChI=1S/C63H45O6S/c64-61(37-58-52-19-7-1-13-46(52)47-14-2-8-20-53(47)58)67-40-25-31-43(32-26-40)70(44-33-27-41(28-34-44)68-62(65)38-59-54-21-9-3-15-48(54)49-16-4-10-22-55(49)59)45-35-29-42(30-36-45)69-63(66)39-60-56-23-11-5-17-50(56)51-18-6-12-24-57(51)60/h1-36,58-60H,37-39H2/q+1. The number of fused-ring (bicyclic) bond motifs is 9. The highest BCUT2D eigenvalue weighted by Crippen LogP contribution is 2.49. The summed E-state index contributed by atoms with van der Waals surface area (Å²) in [5.74, 6) is 0.221. The molecule has 3 aliphatic rings. The number of carbonyl (C=O) groups is 3. The zero-order valence-electron chi connectivity index (χ0n) is 38.0. The minimum Gasteiger partial charge on any atom is -0.426 e. The van der Waals surface area contributed by atoms with Crippen LogP contribution < -0.4 is 14.2 Å². The Morgan fingerprint density at radius 1 is 0.286 bits per heavy atom. The van der Waals surface area contributed by atoms with Crippen LogP contribution in [0.3, 0.4) is 0 Å². The van der Waals surface area contributed by atoms with Crippen molar-refractivity contribution in [1.29, 1.82) is 0 Å². The van der Waals surface area contributed by atoms with Gasteiger partial charge in [-0.15, -0.1) is 0 Å². The molecule has 0 unspecified atom stereocenters. The molecule has 0 N–H and O–H groups in total. The van der Waals surface area contributed by atoms with E-state index in [0.717, 1.165) is 81.4 Å². The van der Waals surface area contributed by atoms with Crippen molar-refractivity contribution >= 4 is 28.8 Å². The van der Waals surface area contributed by atoms with Gasteiger partial charge in [0.05, 0.1) is 30.2 Å². The Morgan fingerprint density at radius 3 is 0.700 bits per heavy atom. The second-order valence-electron chi connectivity index (χ2n) is 17.9. The first kappa shape index (κ1) is 43.0. The molecule has 0 bridgehead atoms. The number of rotatable bonds is 12. The van der Waals surface area contributed by atoms with Crippen LogP contribution >= 0.6 is 0 Å². The molecule has 3 aliphatic carbocycles. The van der Waals surface area contributed by atoms with Crippen molar-refractivity contribution < 1.29 is 28.6 Å². The number of hydrogen-bond donors (Lipinski definition) is 0. The quantitative estimate of drug-likeness (QED) is 0.0690. The van der Waals surface area contributed by atoms with Crippen LogP contribution in [-0.4, -0.2) is 17.9 Å². The minimum absolute atomic E-state index is 0.0816. The topological polar surface area (TPSA) is 78.9 Å². The van der Waals surface area contributed by atoms with E-state index in [0.29, 0.717) is 17.2 Å². The van der Waals surface area contributed by atoms with Crippen molar-refractivity contribution in [1.82, 2.24) is 0 Å². The first-order valence-corrected chi connectivity index (χ1v) is 24.9. The Labute approximate surface area is 409 Å². The number of benzene rings is 9. The van der Waals surface area contributed by atoms with Gasteiger partial charge < -0.3 is 14.2 Å². The molecule has 0 aliphatic heterocycles. The smallest absolute Gasteiger partial charge is 0.312 e. The summed E-state index contributed by atoms with van der Waals surface area (Å²) in [6, 6.07) is 72.5. The van der Waals surface area contributed by atoms with E-state index < -0.39 is 10.9 Å². The third-order valence-electron chi connectivity index (χ3n) is 13.9. The van der Waals surface area contributed by atoms with E-state index in [1.807, 2.05) is 146 Å². The zero-order chi connectivity index (χ0) is 47.1. The Hall–Kier alpha value is -8.26. The number of esters is 3. The summed E-state index contributed by atoms with van der Waals surface area (Å²) in [7, 11) is -0.659. The Kier molecular flexibility index (Phi) is 11.3. The van der Waals surface area contributed by atoms with E-state index in [9.17, 15) is 14.4 Å². The van der Waals surface area contributed by atoms with E-state index in [1.165, 1.54) is 0 Å². The molecule has 0 amide bonds. The molecule has 6 nitrogen and oxygen atoms in total. The summed E-state index contributed by atoms with van der Waals surface area (Å²) in [4.78, 5) is 43.7. The van der Waals surface area contributed by atoms with E-state index >= 15 is 0 Å². The van der Waals surface area contributed by atoms with Gasteiger partial charge in [0.15, 0.2) is 14.7 Å². The lowest BCUT2D eigenvalue weighted by molar-refractivity contribution is -0.135. The predicted molar refractivity (Wildman–Crippen MR) is 273 cm³/mol. The molecule has 12 rings (SSSR count). The Balaban J connectivity index is 0.779.